The topological polar surface area (TPSA) is 60.3 Å². The molecule has 0 saturated heterocycles. The van der Waals surface area contributed by atoms with Gasteiger partial charge in [0, 0.05) is 44.7 Å². The number of amides is 1. The van der Waals surface area contributed by atoms with Crippen LogP contribution >= 0.6 is 0 Å². The lowest BCUT2D eigenvalue weighted by Gasteiger charge is -2.06. The minimum atomic E-state index is -0.101. The summed E-state index contributed by atoms with van der Waals surface area (Å²) >= 11 is 0. The molecule has 0 fully saturated rings. The lowest BCUT2D eigenvalue weighted by Crippen LogP contribution is -2.26. The summed E-state index contributed by atoms with van der Waals surface area (Å²) in [6, 6.07) is 9.59. The Morgan fingerprint density at radius 2 is 2.00 bits per heavy atom. The van der Waals surface area contributed by atoms with Crippen LogP contribution in [0.15, 0.2) is 36.5 Å². The number of carbonyl (C=O) groups excluding carboxylic acids is 2. The summed E-state index contributed by atoms with van der Waals surface area (Å²) < 4.78 is 6.51. The van der Waals surface area contributed by atoms with Crippen molar-refractivity contribution < 1.29 is 14.3 Å². The van der Waals surface area contributed by atoms with Crippen molar-refractivity contribution in [2.75, 3.05) is 20.3 Å². The van der Waals surface area contributed by atoms with Crippen molar-refractivity contribution in [1.82, 2.24) is 9.88 Å². The molecular formula is C16H20N2O3. The quantitative estimate of drug-likeness (QED) is 0.795. The molecule has 2 rings (SSSR count). The van der Waals surface area contributed by atoms with Crippen molar-refractivity contribution in [1.29, 1.82) is 0 Å². The second-order valence-electron chi connectivity index (χ2n) is 4.83. The van der Waals surface area contributed by atoms with Crippen molar-refractivity contribution in [3.05, 3.63) is 36.5 Å². The van der Waals surface area contributed by atoms with Crippen LogP contribution in [0.3, 0.4) is 0 Å². The summed E-state index contributed by atoms with van der Waals surface area (Å²) in [6.07, 6.45) is 2.94. The van der Waals surface area contributed by atoms with Crippen LogP contribution in [0.2, 0.25) is 0 Å². The van der Waals surface area contributed by atoms with E-state index in [0.717, 1.165) is 17.3 Å². The number of hydrogen-bond acceptors (Lipinski definition) is 3. The number of para-hydroxylation sites is 1. The molecule has 1 N–H and O–H groups in total. The van der Waals surface area contributed by atoms with Gasteiger partial charge in [-0.05, 0) is 18.6 Å². The Kier molecular flexibility index (Phi) is 5.51. The molecule has 0 atom stereocenters. The number of methoxy groups -OCH3 is 1. The summed E-state index contributed by atoms with van der Waals surface area (Å²) in [5.41, 5.74) is 0.878. The summed E-state index contributed by atoms with van der Waals surface area (Å²) in [7, 11) is 1.63. The fourth-order valence-electron chi connectivity index (χ4n) is 2.17. The summed E-state index contributed by atoms with van der Waals surface area (Å²) in [5.74, 6) is -0.167. The Balaban J connectivity index is 1.83. The normalized spacial score (nSPS) is 10.7. The van der Waals surface area contributed by atoms with Gasteiger partial charge in [-0.2, -0.15) is 0 Å². The van der Waals surface area contributed by atoms with E-state index in [4.69, 9.17) is 4.74 Å². The van der Waals surface area contributed by atoms with E-state index in [-0.39, 0.29) is 24.7 Å². The van der Waals surface area contributed by atoms with Crippen molar-refractivity contribution in [3.63, 3.8) is 0 Å². The van der Waals surface area contributed by atoms with Gasteiger partial charge in [-0.3, -0.25) is 14.2 Å². The zero-order valence-corrected chi connectivity index (χ0v) is 12.2. The maximum Gasteiger partial charge on any atom is 0.231 e. The highest BCUT2D eigenvalue weighted by atomic mass is 16.5. The Labute approximate surface area is 123 Å². The molecule has 0 saturated carbocycles. The zero-order valence-electron chi connectivity index (χ0n) is 12.2. The zero-order chi connectivity index (χ0) is 15.1. The second kappa shape index (κ2) is 7.59. The number of carbonyl (C=O) groups is 2. The van der Waals surface area contributed by atoms with Crippen LogP contribution in [0, 0.1) is 0 Å². The van der Waals surface area contributed by atoms with Gasteiger partial charge in [0.1, 0.15) is 0 Å². The molecule has 2 aromatic rings. The van der Waals surface area contributed by atoms with Gasteiger partial charge < -0.3 is 10.1 Å². The van der Waals surface area contributed by atoms with E-state index < -0.39 is 0 Å². The first-order valence-electron chi connectivity index (χ1n) is 7.07. The molecular weight excluding hydrogens is 268 g/mol. The van der Waals surface area contributed by atoms with Crippen molar-refractivity contribution >= 4 is 22.7 Å². The molecule has 1 aromatic carbocycles. The summed E-state index contributed by atoms with van der Waals surface area (Å²) in [6.45, 7) is 1.20. The first-order valence-corrected chi connectivity index (χ1v) is 7.07. The molecule has 0 aliphatic carbocycles. The number of fused-ring (bicyclic) bond motifs is 1. The predicted molar refractivity (Wildman–Crippen MR) is 81.3 cm³/mol. The molecule has 1 aromatic heterocycles. The summed E-state index contributed by atoms with van der Waals surface area (Å²) in [4.78, 5) is 23.8. The Morgan fingerprint density at radius 3 is 2.81 bits per heavy atom. The third-order valence-electron chi connectivity index (χ3n) is 3.28. The van der Waals surface area contributed by atoms with E-state index in [1.165, 1.54) is 0 Å². The van der Waals surface area contributed by atoms with Gasteiger partial charge in [-0.1, -0.05) is 18.2 Å². The molecule has 0 spiro atoms. The minimum Gasteiger partial charge on any atom is -0.385 e. The van der Waals surface area contributed by atoms with Crippen LogP contribution in [-0.4, -0.2) is 36.6 Å². The average molecular weight is 288 g/mol. The second-order valence-corrected chi connectivity index (χ2v) is 4.83. The molecule has 0 radical (unpaired) electrons. The molecule has 21 heavy (non-hydrogen) atoms. The first-order chi connectivity index (χ1) is 10.2. The number of rotatable bonds is 7. The molecule has 5 heteroatoms. The van der Waals surface area contributed by atoms with Crippen molar-refractivity contribution in [2.45, 2.75) is 19.3 Å². The smallest absolute Gasteiger partial charge is 0.231 e. The van der Waals surface area contributed by atoms with Gasteiger partial charge in [-0.15, -0.1) is 0 Å². The molecule has 0 unspecified atom stereocenters. The highest BCUT2D eigenvalue weighted by Gasteiger charge is 2.10. The van der Waals surface area contributed by atoms with Crippen LogP contribution in [0.1, 0.15) is 24.1 Å². The van der Waals surface area contributed by atoms with E-state index in [0.29, 0.717) is 13.2 Å². The number of aromatic nitrogens is 1. The van der Waals surface area contributed by atoms with E-state index in [1.54, 1.807) is 17.9 Å². The number of hydrogen-bond donors (Lipinski definition) is 1. The van der Waals surface area contributed by atoms with Crippen LogP contribution in [0.4, 0.5) is 0 Å². The standard InChI is InChI=1S/C16H20N2O3/c1-21-12-4-10-17-15(19)7-8-16(20)18-11-9-13-5-2-3-6-14(13)18/h2-3,5-6,9,11H,4,7-8,10,12H2,1H3,(H,17,19). The van der Waals surface area contributed by atoms with Gasteiger partial charge >= 0.3 is 0 Å². The van der Waals surface area contributed by atoms with Crippen molar-refractivity contribution in [2.24, 2.45) is 0 Å². The Hall–Kier alpha value is -2.14. The van der Waals surface area contributed by atoms with Gasteiger partial charge in [0.15, 0.2) is 0 Å². The Morgan fingerprint density at radius 1 is 1.19 bits per heavy atom. The largest absolute Gasteiger partial charge is 0.385 e. The lowest BCUT2D eigenvalue weighted by molar-refractivity contribution is -0.121. The molecule has 112 valence electrons. The van der Waals surface area contributed by atoms with Crippen LogP contribution < -0.4 is 5.32 Å². The third kappa shape index (κ3) is 4.16. The number of benzene rings is 1. The number of nitrogens with one attached hydrogen (secondary N) is 1. The molecule has 0 aliphatic heterocycles. The monoisotopic (exact) mass is 288 g/mol. The summed E-state index contributed by atoms with van der Waals surface area (Å²) in [5, 5.41) is 3.80. The number of ether oxygens (including phenoxy) is 1. The highest BCUT2D eigenvalue weighted by Crippen LogP contribution is 2.15. The molecule has 1 amide bonds. The average Bonchev–Trinajstić information content (AvgIpc) is 2.93. The fraction of sp³-hybridized carbons (Fsp3) is 0.375. The molecule has 0 bridgehead atoms. The maximum atomic E-state index is 12.2. The van der Waals surface area contributed by atoms with Gasteiger partial charge in [0.25, 0.3) is 0 Å². The van der Waals surface area contributed by atoms with E-state index in [9.17, 15) is 9.59 Å². The lowest BCUT2D eigenvalue weighted by atomic mass is 10.2. The van der Waals surface area contributed by atoms with Crippen molar-refractivity contribution in [3.8, 4) is 0 Å². The van der Waals surface area contributed by atoms with Gasteiger partial charge in [-0.25, -0.2) is 0 Å². The third-order valence-corrected chi connectivity index (χ3v) is 3.28. The van der Waals surface area contributed by atoms with Gasteiger partial charge in [0.05, 0.1) is 5.52 Å². The van der Waals surface area contributed by atoms with E-state index in [2.05, 4.69) is 5.32 Å². The fourth-order valence-corrected chi connectivity index (χ4v) is 2.17. The van der Waals surface area contributed by atoms with Crippen LogP contribution in [0.25, 0.3) is 10.9 Å². The highest BCUT2D eigenvalue weighted by molar-refractivity contribution is 5.93. The molecule has 5 nitrogen and oxygen atoms in total. The molecule has 0 aliphatic rings. The maximum absolute atomic E-state index is 12.2. The van der Waals surface area contributed by atoms with Crippen LogP contribution in [-0.2, 0) is 9.53 Å². The first kappa shape index (κ1) is 15.3. The molecule has 1 heterocycles. The minimum absolute atomic E-state index is 0.0664. The SMILES string of the molecule is COCCCNC(=O)CCC(=O)n1ccc2ccccc21. The Bertz CT molecular complexity index is 619. The van der Waals surface area contributed by atoms with E-state index in [1.807, 2.05) is 30.3 Å². The van der Waals surface area contributed by atoms with Crippen LogP contribution in [0.5, 0.6) is 0 Å². The van der Waals surface area contributed by atoms with E-state index >= 15 is 0 Å². The number of nitrogens with zero attached hydrogens (tertiary/aromatic N) is 1. The van der Waals surface area contributed by atoms with Gasteiger partial charge in [0.2, 0.25) is 11.8 Å². The predicted octanol–water partition coefficient (Wildman–Crippen LogP) is 2.21.